The normalized spacial score (nSPS) is 17.0. The number of thiazole rings is 1. The van der Waals surface area contributed by atoms with Crippen molar-refractivity contribution in [3.8, 4) is 0 Å². The lowest BCUT2D eigenvalue weighted by atomic mass is 10.0. The molecule has 29 heavy (non-hydrogen) atoms. The number of nitrogens with zero attached hydrogens (tertiary/aromatic N) is 1. The Morgan fingerprint density at radius 2 is 2.03 bits per heavy atom. The summed E-state index contributed by atoms with van der Waals surface area (Å²) in [5.74, 6) is -0.235. The molecule has 152 valence electrons. The molecule has 0 spiro atoms. The summed E-state index contributed by atoms with van der Waals surface area (Å²) in [5.41, 5.74) is 7.00. The van der Waals surface area contributed by atoms with Crippen molar-refractivity contribution in [3.63, 3.8) is 0 Å². The average molecular weight is 417 g/mol. The Morgan fingerprint density at radius 3 is 2.69 bits per heavy atom. The highest BCUT2D eigenvalue weighted by Crippen LogP contribution is 2.21. The summed E-state index contributed by atoms with van der Waals surface area (Å²) in [7, 11) is 0. The van der Waals surface area contributed by atoms with Crippen molar-refractivity contribution < 1.29 is 19.5 Å². The van der Waals surface area contributed by atoms with Gasteiger partial charge >= 0.3 is 0 Å². The Bertz CT molecular complexity index is 1230. The van der Waals surface area contributed by atoms with E-state index in [0.29, 0.717) is 22.9 Å². The Morgan fingerprint density at radius 1 is 1.31 bits per heavy atom. The predicted molar refractivity (Wildman–Crippen MR) is 119 cm³/mol. The molecule has 1 amide bonds. The molecule has 5 nitrogen and oxygen atoms in total. The van der Waals surface area contributed by atoms with Crippen molar-refractivity contribution in [2.45, 2.75) is 45.1 Å². The van der Waals surface area contributed by atoms with Crippen LogP contribution < -0.4 is 11.1 Å². The van der Waals surface area contributed by atoms with E-state index in [1.165, 1.54) is 18.3 Å². The molecule has 6 heteroatoms. The van der Waals surface area contributed by atoms with Gasteiger partial charge in [0.2, 0.25) is 5.91 Å². The quantitative estimate of drug-likeness (QED) is 0.473. The highest BCUT2D eigenvalue weighted by atomic mass is 32.1. The molecule has 1 aromatic heterocycles. The number of hydrogen-bond acceptors (Lipinski definition) is 5. The van der Waals surface area contributed by atoms with Gasteiger partial charge in [0.25, 0.3) is 0 Å². The Hall–Kier alpha value is -2.70. The number of nitrogen functional groups attached to an aromatic ring is 1. The van der Waals surface area contributed by atoms with Gasteiger partial charge in [-0.05, 0) is 49.4 Å². The van der Waals surface area contributed by atoms with Gasteiger partial charge in [-0.2, -0.15) is 0 Å². The Kier molecular flexibility index (Phi) is 4.74. The van der Waals surface area contributed by atoms with Gasteiger partial charge in [0, 0.05) is 13.8 Å². The third kappa shape index (κ3) is 6.69. The standard InChI is InChI=1S/C23H27N3O2S/c1-16-6-10-18(11-7-16)21(27)5-3-2-4-17-8-12-19(13-9-17)25-22(28)14-20-15-29-23(24)26-20/h6-13,15,21,27H,2-5,14H2,1H3,(H2,24,26)(H,25,28)/t21-/m0/s1/i5D2,6D,7D,10D,11D,21D. The average Bonchev–Trinajstić information content (AvgIpc) is 3.21. The summed E-state index contributed by atoms with van der Waals surface area (Å²) in [5, 5.41) is 15.7. The first kappa shape index (κ1) is 13.5. The minimum atomic E-state index is -2.98. The number of aromatic nitrogens is 1. The second-order valence-corrected chi connectivity index (χ2v) is 7.37. The van der Waals surface area contributed by atoms with Crippen LogP contribution in [0.5, 0.6) is 0 Å². The monoisotopic (exact) mass is 416 g/mol. The largest absolute Gasteiger partial charge is 0.388 e. The molecule has 2 aromatic carbocycles. The summed E-state index contributed by atoms with van der Waals surface area (Å²) in [6, 6.07) is 4.94. The maximum Gasteiger partial charge on any atom is 0.230 e. The molecule has 1 heterocycles. The number of carbonyl (C=O) groups is 1. The van der Waals surface area contributed by atoms with E-state index in [2.05, 4.69) is 10.3 Å². The van der Waals surface area contributed by atoms with E-state index in [4.69, 9.17) is 15.3 Å². The van der Waals surface area contributed by atoms with Gasteiger partial charge in [0.15, 0.2) is 5.13 Å². The number of hydrogen-bond donors (Lipinski definition) is 3. The van der Waals surface area contributed by atoms with E-state index < -0.39 is 42.2 Å². The van der Waals surface area contributed by atoms with Gasteiger partial charge < -0.3 is 16.2 Å². The minimum absolute atomic E-state index is 0.0672. The first-order valence-electron chi connectivity index (χ1n) is 12.6. The Labute approximate surface area is 185 Å². The van der Waals surface area contributed by atoms with Crippen LogP contribution in [0.1, 0.15) is 57.3 Å². The smallest absolute Gasteiger partial charge is 0.230 e. The topological polar surface area (TPSA) is 88.2 Å². The zero-order valence-electron chi connectivity index (χ0n) is 23.0. The SMILES string of the molecule is [2H]c1c([2H])c([C@@]([2H])(O)C([2H])([2H])CCCc2ccc(NC(=O)Cc3csc(N)n3)cc2)c([2H])c([2H])c1C. The maximum atomic E-state index is 12.2. The summed E-state index contributed by atoms with van der Waals surface area (Å²) < 4.78 is 56.9. The molecule has 0 saturated heterocycles. The van der Waals surface area contributed by atoms with Crippen LogP contribution in [0.2, 0.25) is 0 Å². The Balaban J connectivity index is 1.62. The molecule has 0 aliphatic carbocycles. The number of nitrogens with one attached hydrogen (secondary N) is 1. The van der Waals surface area contributed by atoms with Crippen molar-refractivity contribution in [1.82, 2.24) is 4.98 Å². The molecule has 0 bridgehead atoms. The van der Waals surface area contributed by atoms with E-state index >= 15 is 0 Å². The molecular formula is C23H27N3O2S. The van der Waals surface area contributed by atoms with Crippen LogP contribution in [0, 0.1) is 6.92 Å². The van der Waals surface area contributed by atoms with Crippen LogP contribution in [0.3, 0.4) is 0 Å². The number of carbonyl (C=O) groups excluding carboxylic acids is 1. The van der Waals surface area contributed by atoms with Crippen molar-refractivity contribution in [3.05, 3.63) is 76.2 Å². The first-order valence-corrected chi connectivity index (χ1v) is 10.0. The molecule has 0 fully saturated rings. The maximum absolute atomic E-state index is 12.2. The van der Waals surface area contributed by atoms with Crippen LogP contribution in [-0.2, 0) is 17.6 Å². The van der Waals surface area contributed by atoms with Crippen molar-refractivity contribution in [2.24, 2.45) is 0 Å². The molecule has 3 rings (SSSR count). The zero-order valence-corrected chi connectivity index (χ0v) is 16.8. The lowest BCUT2D eigenvalue weighted by Gasteiger charge is -2.11. The second-order valence-electron chi connectivity index (χ2n) is 6.48. The fraction of sp³-hybridized carbons (Fsp3) is 0.304. The number of anilines is 2. The van der Waals surface area contributed by atoms with E-state index in [9.17, 15) is 9.90 Å². The summed E-state index contributed by atoms with van der Waals surface area (Å²) in [6.45, 7) is 1.40. The van der Waals surface area contributed by atoms with Gasteiger partial charge in [-0.3, -0.25) is 4.79 Å². The molecule has 0 saturated carbocycles. The fourth-order valence-electron chi connectivity index (χ4n) is 2.61. The number of rotatable bonds is 9. The van der Waals surface area contributed by atoms with E-state index in [0.717, 1.165) is 5.56 Å². The van der Waals surface area contributed by atoms with Crippen molar-refractivity contribution in [2.75, 3.05) is 11.1 Å². The zero-order chi connectivity index (χ0) is 26.8. The highest BCUT2D eigenvalue weighted by molar-refractivity contribution is 7.13. The lowest BCUT2D eigenvalue weighted by Crippen LogP contribution is -2.14. The molecule has 0 aliphatic heterocycles. The lowest BCUT2D eigenvalue weighted by molar-refractivity contribution is -0.115. The van der Waals surface area contributed by atoms with Crippen molar-refractivity contribution in [1.29, 1.82) is 0 Å². The number of aryl methyl sites for hydroxylation is 1. The molecule has 1 atom stereocenters. The third-order valence-electron chi connectivity index (χ3n) is 4.07. The molecule has 0 radical (unpaired) electrons. The third-order valence-corrected chi connectivity index (χ3v) is 4.79. The van der Waals surface area contributed by atoms with Crippen LogP contribution in [0.4, 0.5) is 10.8 Å². The van der Waals surface area contributed by atoms with Crippen LogP contribution in [0.15, 0.2) is 53.8 Å². The number of amides is 1. The van der Waals surface area contributed by atoms with E-state index in [1.807, 2.05) is 0 Å². The second kappa shape index (κ2) is 10.2. The predicted octanol–water partition coefficient (Wildman–Crippen LogP) is 4.66. The molecule has 0 aliphatic rings. The van der Waals surface area contributed by atoms with Crippen molar-refractivity contribution >= 4 is 28.1 Å². The first-order chi connectivity index (χ1) is 16.7. The van der Waals surface area contributed by atoms with Gasteiger partial charge in [0.05, 0.1) is 25.0 Å². The molecule has 0 unspecified atom stereocenters. The summed E-state index contributed by atoms with van der Waals surface area (Å²) in [4.78, 5) is 16.2. The van der Waals surface area contributed by atoms with Gasteiger partial charge in [-0.1, -0.05) is 48.3 Å². The van der Waals surface area contributed by atoms with Gasteiger partial charge in [-0.15, -0.1) is 11.3 Å². The number of benzene rings is 2. The number of aliphatic hydroxyl groups is 1. The van der Waals surface area contributed by atoms with Gasteiger partial charge in [0.1, 0.15) is 0 Å². The van der Waals surface area contributed by atoms with E-state index in [1.54, 1.807) is 29.6 Å². The van der Waals surface area contributed by atoms with Crippen LogP contribution >= 0.6 is 11.3 Å². The van der Waals surface area contributed by atoms with Crippen LogP contribution in [-0.4, -0.2) is 16.0 Å². The van der Waals surface area contributed by atoms with Gasteiger partial charge in [-0.25, -0.2) is 4.98 Å². The fourth-order valence-corrected chi connectivity index (χ4v) is 3.17. The molecular weight excluding hydrogens is 382 g/mol. The van der Waals surface area contributed by atoms with Crippen LogP contribution in [0.25, 0.3) is 0 Å². The van der Waals surface area contributed by atoms with E-state index in [-0.39, 0.29) is 30.7 Å². The number of nitrogens with two attached hydrogens (primary N) is 1. The highest BCUT2D eigenvalue weighted by Gasteiger charge is 2.08. The minimum Gasteiger partial charge on any atom is -0.388 e. The summed E-state index contributed by atoms with van der Waals surface area (Å²) in [6.07, 6.45) is -5.00. The molecule has 4 N–H and O–H groups in total. The summed E-state index contributed by atoms with van der Waals surface area (Å²) >= 11 is 1.26. The molecule has 3 aromatic rings.